The number of imidazole rings is 1. The Morgan fingerprint density at radius 3 is 2.67 bits per heavy atom. The van der Waals surface area contributed by atoms with E-state index in [4.69, 9.17) is 4.42 Å². The number of pyridine rings is 1. The summed E-state index contributed by atoms with van der Waals surface area (Å²) in [5.41, 5.74) is 1.61. The number of hydrogen-bond acceptors (Lipinski definition) is 5. The van der Waals surface area contributed by atoms with Gasteiger partial charge in [-0.05, 0) is 57.5 Å². The number of benzene rings is 1. The first-order valence-corrected chi connectivity index (χ1v) is 8.77. The van der Waals surface area contributed by atoms with Gasteiger partial charge in [0.1, 0.15) is 34.1 Å². The van der Waals surface area contributed by atoms with Gasteiger partial charge in [-0.2, -0.15) is 0 Å². The van der Waals surface area contributed by atoms with Crippen molar-refractivity contribution < 1.29 is 9.52 Å². The number of para-hydroxylation sites is 1. The van der Waals surface area contributed by atoms with Crippen LogP contribution in [0.5, 0.6) is 5.75 Å². The van der Waals surface area contributed by atoms with Crippen molar-refractivity contribution in [2.45, 2.75) is 33.2 Å². The van der Waals surface area contributed by atoms with Gasteiger partial charge in [-0.1, -0.05) is 12.1 Å². The Hall–Kier alpha value is -3.28. The van der Waals surface area contributed by atoms with Crippen molar-refractivity contribution in [3.05, 3.63) is 58.6 Å². The number of aryl methyl sites for hydroxylation is 1. The van der Waals surface area contributed by atoms with Crippen LogP contribution in [-0.2, 0) is 0 Å². The van der Waals surface area contributed by atoms with E-state index in [0.29, 0.717) is 28.1 Å². The molecule has 0 saturated heterocycles. The van der Waals surface area contributed by atoms with Crippen LogP contribution in [-0.4, -0.2) is 20.0 Å². The fourth-order valence-corrected chi connectivity index (χ4v) is 3.14. The van der Waals surface area contributed by atoms with Gasteiger partial charge in [0.2, 0.25) is 0 Å². The number of anilines is 1. The van der Waals surface area contributed by atoms with Crippen molar-refractivity contribution in [1.82, 2.24) is 9.38 Å². The highest BCUT2D eigenvalue weighted by atomic mass is 16.4. The average Bonchev–Trinajstić information content (AvgIpc) is 2.90. The zero-order chi connectivity index (χ0) is 19.3. The molecule has 0 aliphatic carbocycles. The molecule has 138 valence electrons. The number of nitrogens with one attached hydrogen (secondary N) is 1. The van der Waals surface area contributed by atoms with Gasteiger partial charge in [-0.25, -0.2) is 9.78 Å². The van der Waals surface area contributed by atoms with Gasteiger partial charge < -0.3 is 14.8 Å². The summed E-state index contributed by atoms with van der Waals surface area (Å²) >= 11 is 0. The summed E-state index contributed by atoms with van der Waals surface area (Å²) in [5, 5.41) is 14.7. The molecule has 6 heteroatoms. The molecule has 0 aliphatic rings. The normalized spacial score (nSPS) is 12.0. The smallest absolute Gasteiger partial charge is 0.349 e. The summed E-state index contributed by atoms with van der Waals surface area (Å²) in [6, 6.07) is 10.8. The van der Waals surface area contributed by atoms with Crippen LogP contribution >= 0.6 is 0 Å². The second kappa shape index (κ2) is 5.87. The van der Waals surface area contributed by atoms with Crippen LogP contribution in [0, 0.1) is 6.92 Å². The third-order valence-corrected chi connectivity index (χ3v) is 4.30. The standard InChI is InChI=1S/C21H21N3O3/c1-12-9-10-24-15(11-12)22-17(19(24)23-21(2,3)4)16-18(25)13-7-5-6-8-14(13)27-20(16)26/h5-11,23,25H,1-4H3. The monoisotopic (exact) mass is 363 g/mol. The Morgan fingerprint density at radius 1 is 1.19 bits per heavy atom. The van der Waals surface area contributed by atoms with E-state index in [2.05, 4.69) is 10.3 Å². The van der Waals surface area contributed by atoms with Crippen LogP contribution in [0.3, 0.4) is 0 Å². The molecule has 0 unspecified atom stereocenters. The maximum Gasteiger partial charge on any atom is 0.349 e. The fraction of sp³-hybridized carbons (Fsp3) is 0.238. The van der Waals surface area contributed by atoms with Gasteiger partial charge in [0.05, 0.1) is 5.39 Å². The molecule has 1 aromatic carbocycles. The molecule has 0 spiro atoms. The molecule has 0 bridgehead atoms. The molecule has 27 heavy (non-hydrogen) atoms. The molecule has 0 saturated carbocycles. The maximum atomic E-state index is 12.7. The first-order chi connectivity index (χ1) is 12.7. The van der Waals surface area contributed by atoms with Crippen molar-refractivity contribution in [2.75, 3.05) is 5.32 Å². The molecule has 2 N–H and O–H groups in total. The lowest BCUT2D eigenvalue weighted by atomic mass is 10.1. The minimum absolute atomic E-state index is 0.0572. The Kier molecular flexibility index (Phi) is 3.73. The summed E-state index contributed by atoms with van der Waals surface area (Å²) in [7, 11) is 0. The number of rotatable bonds is 2. The Morgan fingerprint density at radius 2 is 1.93 bits per heavy atom. The third-order valence-electron chi connectivity index (χ3n) is 4.30. The molecular formula is C21H21N3O3. The summed E-state index contributed by atoms with van der Waals surface area (Å²) in [6.07, 6.45) is 1.90. The van der Waals surface area contributed by atoms with Gasteiger partial charge in [-0.15, -0.1) is 0 Å². The number of aromatic hydroxyl groups is 1. The summed E-state index contributed by atoms with van der Waals surface area (Å²) in [5.74, 6) is 0.509. The molecule has 0 radical (unpaired) electrons. The van der Waals surface area contributed by atoms with Crippen molar-refractivity contribution in [2.24, 2.45) is 0 Å². The van der Waals surface area contributed by atoms with E-state index in [1.54, 1.807) is 24.3 Å². The molecule has 6 nitrogen and oxygen atoms in total. The minimum atomic E-state index is -0.622. The van der Waals surface area contributed by atoms with Gasteiger partial charge in [0.15, 0.2) is 0 Å². The molecule has 0 aliphatic heterocycles. The van der Waals surface area contributed by atoms with E-state index in [9.17, 15) is 9.90 Å². The van der Waals surface area contributed by atoms with E-state index in [0.717, 1.165) is 5.56 Å². The van der Waals surface area contributed by atoms with E-state index >= 15 is 0 Å². The first-order valence-electron chi connectivity index (χ1n) is 8.77. The second-order valence-corrected chi connectivity index (χ2v) is 7.73. The zero-order valence-corrected chi connectivity index (χ0v) is 15.7. The number of fused-ring (bicyclic) bond motifs is 2. The fourth-order valence-electron chi connectivity index (χ4n) is 3.14. The number of nitrogens with zero attached hydrogens (tertiary/aromatic N) is 2. The molecule has 3 heterocycles. The Bertz CT molecular complexity index is 1230. The number of hydrogen-bond donors (Lipinski definition) is 2. The molecule has 3 aromatic heterocycles. The Labute approximate surface area is 156 Å². The highest BCUT2D eigenvalue weighted by Gasteiger charge is 2.25. The van der Waals surface area contributed by atoms with E-state index in [1.165, 1.54) is 0 Å². The summed E-state index contributed by atoms with van der Waals surface area (Å²) in [6.45, 7) is 8.04. The van der Waals surface area contributed by atoms with Gasteiger partial charge in [-0.3, -0.25) is 4.40 Å². The zero-order valence-electron chi connectivity index (χ0n) is 15.7. The lowest BCUT2D eigenvalue weighted by Crippen LogP contribution is -2.27. The van der Waals surface area contributed by atoms with Crippen molar-refractivity contribution >= 4 is 22.4 Å². The molecular weight excluding hydrogens is 342 g/mol. The molecule has 0 fully saturated rings. The van der Waals surface area contributed by atoms with Gasteiger partial charge >= 0.3 is 5.63 Å². The number of aromatic nitrogens is 2. The molecule has 4 rings (SSSR count). The SMILES string of the molecule is Cc1ccn2c(NC(C)(C)C)c(-c3c(O)c4ccccc4oc3=O)nc2c1. The van der Waals surface area contributed by atoms with Crippen molar-refractivity contribution in [1.29, 1.82) is 0 Å². The predicted molar refractivity (Wildman–Crippen MR) is 106 cm³/mol. The van der Waals surface area contributed by atoms with E-state index in [1.807, 2.05) is 50.4 Å². The summed E-state index contributed by atoms with van der Waals surface area (Å²) in [4.78, 5) is 17.3. The predicted octanol–water partition coefficient (Wildman–Crippen LogP) is 4.33. The van der Waals surface area contributed by atoms with Gasteiger partial charge in [0, 0.05) is 11.7 Å². The highest BCUT2D eigenvalue weighted by Crippen LogP contribution is 2.37. The molecule has 0 amide bonds. The summed E-state index contributed by atoms with van der Waals surface area (Å²) < 4.78 is 7.32. The molecule has 4 aromatic rings. The van der Waals surface area contributed by atoms with Gasteiger partial charge in [0.25, 0.3) is 0 Å². The third kappa shape index (κ3) is 2.93. The van der Waals surface area contributed by atoms with Crippen molar-refractivity contribution in [3.63, 3.8) is 0 Å². The quantitative estimate of drug-likeness (QED) is 0.518. The topological polar surface area (TPSA) is 79.8 Å². The first kappa shape index (κ1) is 17.1. The van der Waals surface area contributed by atoms with Crippen LogP contribution in [0.25, 0.3) is 27.9 Å². The van der Waals surface area contributed by atoms with Crippen molar-refractivity contribution in [3.8, 4) is 17.0 Å². The molecule has 0 atom stereocenters. The minimum Gasteiger partial charge on any atom is -0.506 e. The van der Waals surface area contributed by atoms with E-state index in [-0.39, 0.29) is 16.9 Å². The van der Waals surface area contributed by atoms with Crippen LogP contribution < -0.4 is 10.9 Å². The highest BCUT2D eigenvalue weighted by molar-refractivity contribution is 5.92. The maximum absolute atomic E-state index is 12.7. The largest absolute Gasteiger partial charge is 0.506 e. The lowest BCUT2D eigenvalue weighted by Gasteiger charge is -2.22. The lowest BCUT2D eigenvalue weighted by molar-refractivity contribution is 0.471. The Balaban J connectivity index is 2.08. The average molecular weight is 363 g/mol. The van der Waals surface area contributed by atoms with Crippen LogP contribution in [0.15, 0.2) is 51.8 Å². The van der Waals surface area contributed by atoms with Crippen LogP contribution in [0.1, 0.15) is 26.3 Å². The van der Waals surface area contributed by atoms with Crippen LogP contribution in [0.2, 0.25) is 0 Å². The second-order valence-electron chi connectivity index (χ2n) is 7.73. The van der Waals surface area contributed by atoms with Crippen LogP contribution in [0.4, 0.5) is 5.82 Å². The van der Waals surface area contributed by atoms with E-state index < -0.39 is 5.63 Å².